The van der Waals surface area contributed by atoms with E-state index in [-0.39, 0.29) is 16.7 Å². The number of hydrogen-bond acceptors (Lipinski definition) is 5. The normalized spacial score (nSPS) is 14.7. The second-order valence-electron chi connectivity index (χ2n) is 6.10. The van der Waals surface area contributed by atoms with E-state index in [1.54, 1.807) is 0 Å². The zero-order valence-electron chi connectivity index (χ0n) is 14.5. The molecule has 0 fully saturated rings. The fraction of sp³-hybridized carbons (Fsp3) is 0.150. The molecule has 0 aromatic heterocycles. The predicted molar refractivity (Wildman–Crippen MR) is 91.0 cm³/mol. The smallest absolute Gasteiger partial charge is 0.306 e. The quantitative estimate of drug-likeness (QED) is 0.491. The fourth-order valence-electron chi connectivity index (χ4n) is 3.12. The first-order chi connectivity index (χ1) is 13.3. The van der Waals surface area contributed by atoms with Gasteiger partial charge in [0.15, 0.2) is 17.5 Å². The van der Waals surface area contributed by atoms with Gasteiger partial charge >= 0.3 is 5.97 Å². The van der Waals surface area contributed by atoms with Gasteiger partial charge in [0.2, 0.25) is 11.6 Å². The van der Waals surface area contributed by atoms with Gasteiger partial charge in [0.05, 0.1) is 19.1 Å². The van der Waals surface area contributed by atoms with E-state index in [4.69, 9.17) is 0 Å². The Morgan fingerprint density at radius 3 is 2.18 bits per heavy atom. The van der Waals surface area contributed by atoms with Gasteiger partial charge < -0.3 is 9.84 Å². The molecule has 2 aromatic carbocycles. The number of esters is 1. The van der Waals surface area contributed by atoms with Crippen LogP contribution >= 0.6 is 0 Å². The molecule has 0 saturated heterocycles. The van der Waals surface area contributed by atoms with Crippen LogP contribution in [0, 0.1) is 17.5 Å². The molecule has 0 bridgehead atoms. The zero-order valence-corrected chi connectivity index (χ0v) is 14.5. The molecule has 1 aliphatic rings. The molecule has 0 spiro atoms. The van der Waals surface area contributed by atoms with Crippen molar-refractivity contribution in [2.75, 3.05) is 7.11 Å². The molecule has 0 heterocycles. The van der Waals surface area contributed by atoms with Gasteiger partial charge in [-0.15, -0.1) is 0 Å². The maximum Gasteiger partial charge on any atom is 0.306 e. The third-order valence-corrected chi connectivity index (χ3v) is 4.49. The van der Waals surface area contributed by atoms with Crippen molar-refractivity contribution >= 4 is 23.3 Å². The lowest BCUT2D eigenvalue weighted by Crippen LogP contribution is -2.28. The fourth-order valence-corrected chi connectivity index (χ4v) is 3.12. The highest BCUT2D eigenvalue weighted by Crippen LogP contribution is 2.38. The molecule has 0 amide bonds. The number of aliphatic hydroxyl groups excluding tert-OH is 1. The first kappa shape index (κ1) is 19.3. The number of Topliss-reactive ketones (excluding diaryl/α,β-unsaturated/α-hetero) is 2. The van der Waals surface area contributed by atoms with Crippen molar-refractivity contribution in [2.24, 2.45) is 0 Å². The summed E-state index contributed by atoms with van der Waals surface area (Å²) < 4.78 is 45.3. The van der Waals surface area contributed by atoms with Gasteiger partial charge in [0, 0.05) is 17.0 Å². The molecule has 1 aliphatic carbocycles. The maximum atomic E-state index is 13.7. The van der Waals surface area contributed by atoms with E-state index in [0.29, 0.717) is 12.1 Å². The van der Waals surface area contributed by atoms with Crippen LogP contribution in [0.2, 0.25) is 0 Å². The summed E-state index contributed by atoms with van der Waals surface area (Å²) in [6.45, 7) is 0. The standard InChI is InChI=1S/C20H13F3O5/c1-28-15(24)8-12(9-6-13(21)17(23)14(22)7-9)16-18(25)10-4-2-3-5-11(10)19(26)20(16)27/h2-7,12,25H,8H2,1H3/t12-/m1/s1. The second-order valence-corrected chi connectivity index (χ2v) is 6.10. The maximum absolute atomic E-state index is 13.7. The Kier molecular flexibility index (Phi) is 5.04. The Bertz CT molecular complexity index is 1020. The lowest BCUT2D eigenvalue weighted by Gasteiger charge is -2.24. The van der Waals surface area contributed by atoms with Crippen molar-refractivity contribution in [3.63, 3.8) is 0 Å². The number of ether oxygens (including phenoxy) is 1. The van der Waals surface area contributed by atoms with Crippen LogP contribution in [0.4, 0.5) is 13.2 Å². The van der Waals surface area contributed by atoms with Gasteiger partial charge in [-0.2, -0.15) is 0 Å². The Morgan fingerprint density at radius 1 is 1.04 bits per heavy atom. The Balaban J connectivity index is 2.25. The lowest BCUT2D eigenvalue weighted by atomic mass is 9.78. The number of ketones is 2. The molecule has 0 radical (unpaired) electrons. The van der Waals surface area contributed by atoms with E-state index in [2.05, 4.69) is 4.74 Å². The summed E-state index contributed by atoms with van der Waals surface area (Å²) in [5.41, 5.74) is -0.814. The molecule has 3 rings (SSSR count). The molecule has 2 aromatic rings. The van der Waals surface area contributed by atoms with Gasteiger partial charge in [-0.1, -0.05) is 24.3 Å². The number of carbonyl (C=O) groups excluding carboxylic acids is 3. The molecular weight excluding hydrogens is 377 g/mol. The molecule has 0 saturated carbocycles. The highest BCUT2D eigenvalue weighted by molar-refractivity contribution is 6.52. The van der Waals surface area contributed by atoms with E-state index in [1.807, 2.05) is 0 Å². The molecule has 28 heavy (non-hydrogen) atoms. The number of aliphatic hydroxyl groups is 1. The largest absolute Gasteiger partial charge is 0.507 e. The summed E-state index contributed by atoms with van der Waals surface area (Å²) in [5, 5.41) is 10.6. The van der Waals surface area contributed by atoms with E-state index in [9.17, 15) is 32.7 Å². The van der Waals surface area contributed by atoms with Gasteiger partial charge in [-0.25, -0.2) is 13.2 Å². The van der Waals surface area contributed by atoms with Gasteiger partial charge in [0.25, 0.3) is 0 Å². The minimum absolute atomic E-state index is 0.0398. The minimum atomic E-state index is -1.73. The van der Waals surface area contributed by atoms with Gasteiger partial charge in [-0.05, 0) is 17.7 Å². The number of allylic oxidation sites excluding steroid dienone is 1. The minimum Gasteiger partial charge on any atom is -0.507 e. The molecule has 0 unspecified atom stereocenters. The first-order valence-electron chi connectivity index (χ1n) is 8.09. The second kappa shape index (κ2) is 7.30. The van der Waals surface area contributed by atoms with Crippen molar-refractivity contribution < 1.29 is 37.4 Å². The van der Waals surface area contributed by atoms with Crippen LogP contribution in [0.5, 0.6) is 0 Å². The van der Waals surface area contributed by atoms with E-state index >= 15 is 0 Å². The molecule has 8 heteroatoms. The topological polar surface area (TPSA) is 80.7 Å². The molecule has 0 aliphatic heterocycles. The zero-order chi connectivity index (χ0) is 20.6. The number of methoxy groups -OCH3 is 1. The summed E-state index contributed by atoms with van der Waals surface area (Å²) in [4.78, 5) is 36.9. The van der Waals surface area contributed by atoms with Crippen LogP contribution in [0.3, 0.4) is 0 Å². The van der Waals surface area contributed by atoms with Crippen molar-refractivity contribution in [1.82, 2.24) is 0 Å². The average molecular weight is 390 g/mol. The van der Waals surface area contributed by atoms with Crippen LogP contribution in [0.1, 0.15) is 33.8 Å². The molecule has 5 nitrogen and oxygen atoms in total. The predicted octanol–water partition coefficient (Wildman–Crippen LogP) is 3.49. The number of fused-ring (bicyclic) bond motifs is 1. The monoisotopic (exact) mass is 390 g/mol. The van der Waals surface area contributed by atoms with Crippen molar-refractivity contribution in [2.45, 2.75) is 12.3 Å². The number of hydrogen-bond donors (Lipinski definition) is 1. The number of carbonyl (C=O) groups is 3. The Morgan fingerprint density at radius 2 is 1.61 bits per heavy atom. The van der Waals surface area contributed by atoms with Crippen LogP contribution < -0.4 is 0 Å². The van der Waals surface area contributed by atoms with Crippen LogP contribution in [-0.4, -0.2) is 29.8 Å². The highest BCUT2D eigenvalue weighted by atomic mass is 19.2. The van der Waals surface area contributed by atoms with Crippen LogP contribution in [0.25, 0.3) is 5.76 Å². The molecular formula is C20H13F3O5. The van der Waals surface area contributed by atoms with E-state index < -0.39 is 58.7 Å². The van der Waals surface area contributed by atoms with Crippen molar-refractivity contribution in [1.29, 1.82) is 0 Å². The molecule has 1 atom stereocenters. The molecule has 144 valence electrons. The summed E-state index contributed by atoms with van der Waals surface area (Å²) in [6.07, 6.45) is -0.610. The lowest BCUT2D eigenvalue weighted by molar-refractivity contribution is -0.140. The summed E-state index contributed by atoms with van der Waals surface area (Å²) >= 11 is 0. The van der Waals surface area contributed by atoms with Crippen molar-refractivity contribution in [3.8, 4) is 0 Å². The van der Waals surface area contributed by atoms with Crippen molar-refractivity contribution in [3.05, 3.63) is 76.1 Å². The SMILES string of the molecule is COC(=O)C[C@@H](C1=C(O)c2ccccc2C(=O)C1=O)c1cc(F)c(F)c(F)c1. The van der Waals surface area contributed by atoms with Gasteiger partial charge in [0.1, 0.15) is 5.76 Å². The summed E-state index contributed by atoms with van der Waals surface area (Å²) in [5.74, 6) is -9.78. The third-order valence-electron chi connectivity index (χ3n) is 4.49. The molecule has 1 N–H and O–H groups in total. The van der Waals surface area contributed by atoms with E-state index in [1.165, 1.54) is 24.3 Å². The van der Waals surface area contributed by atoms with Gasteiger partial charge in [-0.3, -0.25) is 14.4 Å². The number of rotatable bonds is 4. The Hall–Kier alpha value is -3.42. The van der Waals surface area contributed by atoms with Crippen LogP contribution in [-0.2, 0) is 14.3 Å². The average Bonchev–Trinajstić information content (AvgIpc) is 2.69. The number of halogens is 3. The van der Waals surface area contributed by atoms with E-state index in [0.717, 1.165) is 7.11 Å². The third kappa shape index (κ3) is 3.17. The first-order valence-corrected chi connectivity index (χ1v) is 8.09. The Labute approximate surface area is 157 Å². The van der Waals surface area contributed by atoms with Crippen LogP contribution in [0.15, 0.2) is 42.0 Å². The summed E-state index contributed by atoms with van der Waals surface area (Å²) in [7, 11) is 1.06. The number of benzene rings is 2. The summed E-state index contributed by atoms with van der Waals surface area (Å²) in [6, 6.07) is 6.95. The highest BCUT2D eigenvalue weighted by Gasteiger charge is 2.38.